The van der Waals surface area contributed by atoms with E-state index in [-0.39, 0.29) is 36.8 Å². The fourth-order valence-corrected chi connectivity index (χ4v) is 2.93. The van der Waals surface area contributed by atoms with Crippen LogP contribution >= 0.6 is 12.4 Å². The van der Waals surface area contributed by atoms with Gasteiger partial charge in [-0.05, 0) is 31.5 Å². The van der Waals surface area contributed by atoms with Crippen molar-refractivity contribution in [3.05, 3.63) is 65.9 Å². The first-order valence-corrected chi connectivity index (χ1v) is 8.83. The Bertz CT molecular complexity index is 880. The average Bonchev–Trinajstić information content (AvgIpc) is 3.08. The highest BCUT2D eigenvalue weighted by Gasteiger charge is 2.18. The Balaban J connectivity index is 0.00000261. The van der Waals surface area contributed by atoms with Crippen molar-refractivity contribution in [2.75, 3.05) is 6.61 Å². The lowest BCUT2D eigenvalue weighted by Crippen LogP contribution is -2.29. The molecule has 5 nitrogen and oxygen atoms in total. The van der Waals surface area contributed by atoms with Crippen LogP contribution in [0, 0.1) is 0 Å². The molecule has 1 amide bonds. The van der Waals surface area contributed by atoms with E-state index in [1.165, 1.54) is 0 Å². The summed E-state index contributed by atoms with van der Waals surface area (Å²) in [7, 11) is 0. The second-order valence-corrected chi connectivity index (χ2v) is 6.27. The quantitative estimate of drug-likeness (QED) is 0.623. The van der Waals surface area contributed by atoms with Gasteiger partial charge in [-0.1, -0.05) is 42.5 Å². The minimum Gasteiger partial charge on any atom is -0.490 e. The van der Waals surface area contributed by atoms with Crippen molar-refractivity contribution in [1.29, 1.82) is 0 Å². The van der Waals surface area contributed by atoms with Gasteiger partial charge in [0.2, 0.25) is 5.91 Å². The van der Waals surface area contributed by atoms with Gasteiger partial charge in [0.15, 0.2) is 11.3 Å². The van der Waals surface area contributed by atoms with Crippen molar-refractivity contribution < 1.29 is 13.9 Å². The van der Waals surface area contributed by atoms with Gasteiger partial charge in [-0.15, -0.1) is 12.4 Å². The first-order chi connectivity index (χ1) is 12.6. The molecule has 3 rings (SSSR count). The number of hydrogen-bond acceptors (Lipinski definition) is 4. The van der Waals surface area contributed by atoms with Gasteiger partial charge in [0, 0.05) is 17.8 Å². The lowest BCUT2D eigenvalue weighted by molar-refractivity contribution is -0.122. The Morgan fingerprint density at radius 1 is 1.19 bits per heavy atom. The third-order valence-corrected chi connectivity index (χ3v) is 4.26. The van der Waals surface area contributed by atoms with Crippen molar-refractivity contribution in [1.82, 2.24) is 5.32 Å². The average molecular weight is 389 g/mol. The van der Waals surface area contributed by atoms with Crippen molar-refractivity contribution in [2.24, 2.45) is 5.73 Å². The standard InChI is InChI=1S/C21H24N2O3.ClH/c1-3-25-18-11-7-10-16-12-19(26-21(16)18)14(2)23-20(24)13-17(22)15-8-5-4-6-9-15;/h4-12,14,17H,3,13,22H2,1-2H3,(H,23,24);1H. The van der Waals surface area contributed by atoms with E-state index in [9.17, 15) is 4.79 Å². The number of furan rings is 1. The van der Waals surface area contributed by atoms with Crippen LogP contribution in [0.1, 0.15) is 43.7 Å². The van der Waals surface area contributed by atoms with Crippen molar-refractivity contribution in [3.8, 4) is 5.75 Å². The van der Waals surface area contributed by atoms with Gasteiger partial charge in [-0.25, -0.2) is 0 Å². The molecular weight excluding hydrogens is 364 g/mol. The molecule has 0 aliphatic rings. The molecule has 0 saturated heterocycles. The lowest BCUT2D eigenvalue weighted by atomic mass is 10.0. The summed E-state index contributed by atoms with van der Waals surface area (Å²) in [6, 6.07) is 16.7. The predicted octanol–water partition coefficient (Wildman–Crippen LogP) is 4.52. The molecule has 0 fully saturated rings. The summed E-state index contributed by atoms with van der Waals surface area (Å²) in [6.45, 7) is 4.39. The van der Waals surface area contributed by atoms with Crippen LogP contribution in [-0.2, 0) is 4.79 Å². The predicted molar refractivity (Wildman–Crippen MR) is 109 cm³/mol. The topological polar surface area (TPSA) is 77.5 Å². The van der Waals surface area contributed by atoms with E-state index in [4.69, 9.17) is 14.9 Å². The maximum atomic E-state index is 12.3. The first-order valence-electron chi connectivity index (χ1n) is 8.83. The van der Waals surface area contributed by atoms with Crippen molar-refractivity contribution in [3.63, 3.8) is 0 Å². The van der Waals surface area contributed by atoms with Crippen molar-refractivity contribution in [2.45, 2.75) is 32.4 Å². The van der Waals surface area contributed by atoms with Crippen LogP contribution in [0.4, 0.5) is 0 Å². The van der Waals surface area contributed by atoms with Crippen LogP contribution in [0.15, 0.2) is 59.0 Å². The zero-order valence-electron chi connectivity index (χ0n) is 15.5. The molecule has 0 saturated carbocycles. The Morgan fingerprint density at radius 2 is 1.93 bits per heavy atom. The molecule has 0 aliphatic carbocycles. The molecule has 1 aromatic heterocycles. The molecule has 3 aromatic rings. The molecule has 2 aromatic carbocycles. The normalized spacial score (nSPS) is 12.9. The Labute approximate surface area is 165 Å². The summed E-state index contributed by atoms with van der Waals surface area (Å²) in [6.07, 6.45) is 0.221. The van der Waals surface area contributed by atoms with Crippen LogP contribution in [0.3, 0.4) is 0 Å². The monoisotopic (exact) mass is 388 g/mol. The molecule has 0 aliphatic heterocycles. The van der Waals surface area contributed by atoms with Crippen LogP contribution in [0.2, 0.25) is 0 Å². The summed E-state index contributed by atoms with van der Waals surface area (Å²) in [5.74, 6) is 1.29. The molecule has 0 spiro atoms. The van der Waals surface area contributed by atoms with E-state index in [1.807, 2.05) is 68.4 Å². The summed E-state index contributed by atoms with van der Waals surface area (Å²) < 4.78 is 11.5. The molecule has 3 N–H and O–H groups in total. The van der Waals surface area contributed by atoms with Gasteiger partial charge >= 0.3 is 0 Å². The van der Waals surface area contributed by atoms with Crippen LogP contribution in [0.5, 0.6) is 5.75 Å². The van der Waals surface area contributed by atoms with Gasteiger partial charge in [-0.2, -0.15) is 0 Å². The molecule has 2 unspecified atom stereocenters. The number of ether oxygens (including phenoxy) is 1. The van der Waals surface area contributed by atoms with E-state index < -0.39 is 0 Å². The SMILES string of the molecule is CCOc1cccc2cc(C(C)NC(=O)CC(N)c3ccccc3)oc12.Cl. The molecule has 2 atom stereocenters. The minimum absolute atomic E-state index is 0. The van der Waals surface area contributed by atoms with Crippen LogP contribution in [0.25, 0.3) is 11.0 Å². The second-order valence-electron chi connectivity index (χ2n) is 6.27. The number of hydrogen-bond donors (Lipinski definition) is 2. The Kier molecular flexibility index (Phi) is 7.28. The summed E-state index contributed by atoms with van der Waals surface area (Å²) >= 11 is 0. The van der Waals surface area contributed by atoms with Gasteiger partial charge in [0.1, 0.15) is 5.76 Å². The summed E-state index contributed by atoms with van der Waals surface area (Å²) in [4.78, 5) is 12.3. The van der Waals surface area contributed by atoms with E-state index in [1.54, 1.807) is 0 Å². The fraction of sp³-hybridized carbons (Fsp3) is 0.286. The molecular formula is C21H25ClN2O3. The Morgan fingerprint density at radius 3 is 2.63 bits per heavy atom. The third-order valence-electron chi connectivity index (χ3n) is 4.26. The van der Waals surface area contributed by atoms with Gasteiger partial charge in [-0.3, -0.25) is 4.79 Å². The minimum atomic E-state index is -0.330. The maximum Gasteiger partial charge on any atom is 0.222 e. The number of carbonyl (C=O) groups excluding carboxylic acids is 1. The zero-order valence-corrected chi connectivity index (χ0v) is 16.3. The number of fused-ring (bicyclic) bond motifs is 1. The summed E-state index contributed by atoms with van der Waals surface area (Å²) in [5.41, 5.74) is 7.77. The highest BCUT2D eigenvalue weighted by molar-refractivity contribution is 5.85. The third kappa shape index (κ3) is 5.02. The smallest absolute Gasteiger partial charge is 0.222 e. The highest BCUT2D eigenvalue weighted by atomic mass is 35.5. The fourth-order valence-electron chi connectivity index (χ4n) is 2.93. The number of carbonyl (C=O) groups is 1. The molecule has 144 valence electrons. The van der Waals surface area contributed by atoms with E-state index in [2.05, 4.69) is 5.32 Å². The molecule has 0 bridgehead atoms. The van der Waals surface area contributed by atoms with E-state index in [0.717, 1.165) is 10.9 Å². The number of nitrogens with one attached hydrogen (secondary N) is 1. The lowest BCUT2D eigenvalue weighted by Gasteiger charge is -2.15. The largest absolute Gasteiger partial charge is 0.490 e. The van der Waals surface area contributed by atoms with E-state index >= 15 is 0 Å². The number of nitrogens with two attached hydrogens (primary N) is 1. The number of halogens is 1. The van der Waals surface area contributed by atoms with Gasteiger partial charge in [0.05, 0.1) is 12.6 Å². The Hall–Kier alpha value is -2.50. The summed E-state index contributed by atoms with van der Waals surface area (Å²) in [5, 5.41) is 3.91. The van der Waals surface area contributed by atoms with Gasteiger partial charge < -0.3 is 20.2 Å². The number of benzene rings is 2. The van der Waals surface area contributed by atoms with Crippen molar-refractivity contribution >= 4 is 29.3 Å². The molecule has 1 heterocycles. The molecule has 27 heavy (non-hydrogen) atoms. The number of amides is 1. The molecule has 6 heteroatoms. The number of rotatable bonds is 7. The second kappa shape index (κ2) is 9.44. The zero-order chi connectivity index (χ0) is 18.5. The maximum absolute atomic E-state index is 12.3. The van der Waals surface area contributed by atoms with Crippen LogP contribution in [-0.4, -0.2) is 12.5 Å². The van der Waals surface area contributed by atoms with Crippen LogP contribution < -0.4 is 15.8 Å². The molecule has 0 radical (unpaired) electrons. The first kappa shape index (κ1) is 20.8. The highest BCUT2D eigenvalue weighted by Crippen LogP contribution is 2.31. The van der Waals surface area contributed by atoms with E-state index in [0.29, 0.717) is 23.7 Å². The van der Waals surface area contributed by atoms with Gasteiger partial charge in [0.25, 0.3) is 0 Å². The number of para-hydroxylation sites is 1.